The average Bonchev–Trinajstić information content (AvgIpc) is 2.71. The van der Waals surface area contributed by atoms with Crippen molar-refractivity contribution in [2.75, 3.05) is 19.5 Å². The first kappa shape index (κ1) is 17.0. The van der Waals surface area contributed by atoms with Crippen LogP contribution in [-0.2, 0) is 4.79 Å². The first-order valence-electron chi connectivity index (χ1n) is 7.20. The highest BCUT2D eigenvalue weighted by Gasteiger charge is 2.33. The van der Waals surface area contributed by atoms with Crippen LogP contribution in [0.4, 0.5) is 5.69 Å². The Balaban J connectivity index is 2.02. The molecule has 1 amide bonds. The van der Waals surface area contributed by atoms with E-state index in [1.54, 1.807) is 31.4 Å². The Bertz CT molecular complexity index is 766. The largest absolute Gasteiger partial charge is 0.497 e. The fraction of sp³-hybridized carbons (Fsp3) is 0.235. The van der Waals surface area contributed by atoms with Gasteiger partial charge in [0.2, 0.25) is 0 Å². The van der Waals surface area contributed by atoms with Crippen LogP contribution in [0.3, 0.4) is 0 Å². The van der Waals surface area contributed by atoms with E-state index < -0.39 is 17.3 Å². The zero-order valence-electron chi connectivity index (χ0n) is 13.1. The number of rotatable bonds is 3. The molecule has 0 radical (unpaired) electrons. The van der Waals surface area contributed by atoms with E-state index in [0.717, 1.165) is 10.5 Å². The summed E-state index contributed by atoms with van der Waals surface area (Å²) in [5, 5.41) is 13.1. The minimum Gasteiger partial charge on any atom is -0.497 e. The number of thioether (sulfide) groups is 1. The van der Waals surface area contributed by atoms with Gasteiger partial charge in [-0.25, -0.2) is 0 Å². The van der Waals surface area contributed by atoms with Gasteiger partial charge in [-0.1, -0.05) is 23.7 Å². The Kier molecular flexibility index (Phi) is 4.89. The van der Waals surface area contributed by atoms with E-state index in [9.17, 15) is 9.90 Å². The van der Waals surface area contributed by atoms with Gasteiger partial charge in [0.05, 0.1) is 30.2 Å². The standard InChI is InChI=1S/C17H16ClNO4S/c1-22-10-5-3-9(4-6-10)16-15(20)17(21)19-12-7-11(18)13(23-2)8-14(12)24-16/h3-8,15-16,20H,1-2H3,(H,19,21). The summed E-state index contributed by atoms with van der Waals surface area (Å²) >= 11 is 7.51. The molecule has 0 saturated heterocycles. The van der Waals surface area contributed by atoms with Crippen molar-refractivity contribution >= 4 is 35.0 Å². The molecule has 7 heteroatoms. The van der Waals surface area contributed by atoms with Crippen LogP contribution >= 0.6 is 23.4 Å². The van der Waals surface area contributed by atoms with Crippen molar-refractivity contribution in [3.05, 3.63) is 47.0 Å². The normalized spacial score (nSPS) is 19.9. The first-order valence-corrected chi connectivity index (χ1v) is 8.46. The molecule has 5 nitrogen and oxygen atoms in total. The number of anilines is 1. The number of methoxy groups -OCH3 is 2. The Morgan fingerprint density at radius 2 is 1.88 bits per heavy atom. The van der Waals surface area contributed by atoms with Crippen molar-refractivity contribution in [3.63, 3.8) is 0 Å². The molecule has 1 heterocycles. The smallest absolute Gasteiger partial charge is 0.254 e. The third kappa shape index (κ3) is 3.17. The maximum Gasteiger partial charge on any atom is 0.254 e. The number of halogens is 1. The summed E-state index contributed by atoms with van der Waals surface area (Å²) in [5.41, 5.74) is 1.39. The number of carbonyl (C=O) groups excluding carboxylic acids is 1. The molecule has 0 spiro atoms. The van der Waals surface area contributed by atoms with E-state index in [1.807, 2.05) is 12.1 Å². The van der Waals surface area contributed by atoms with Crippen LogP contribution in [0.2, 0.25) is 5.02 Å². The Labute approximate surface area is 148 Å². The number of nitrogens with one attached hydrogen (secondary N) is 1. The van der Waals surface area contributed by atoms with E-state index in [0.29, 0.717) is 22.2 Å². The van der Waals surface area contributed by atoms with Crippen LogP contribution in [0.1, 0.15) is 10.8 Å². The molecule has 0 aromatic heterocycles. The molecule has 2 atom stereocenters. The number of hydrogen-bond donors (Lipinski definition) is 2. The van der Waals surface area contributed by atoms with Gasteiger partial charge in [0, 0.05) is 4.90 Å². The summed E-state index contributed by atoms with van der Waals surface area (Å²) in [4.78, 5) is 13.1. The van der Waals surface area contributed by atoms with Crippen LogP contribution in [0.25, 0.3) is 0 Å². The van der Waals surface area contributed by atoms with Crippen molar-refractivity contribution in [2.24, 2.45) is 0 Å². The van der Waals surface area contributed by atoms with Crippen LogP contribution in [0.5, 0.6) is 11.5 Å². The Hall–Kier alpha value is -1.89. The second kappa shape index (κ2) is 6.93. The maximum absolute atomic E-state index is 12.3. The van der Waals surface area contributed by atoms with Gasteiger partial charge >= 0.3 is 0 Å². The van der Waals surface area contributed by atoms with Crippen molar-refractivity contribution < 1.29 is 19.4 Å². The molecule has 0 fully saturated rings. The topological polar surface area (TPSA) is 67.8 Å². The van der Waals surface area contributed by atoms with E-state index in [2.05, 4.69) is 5.32 Å². The van der Waals surface area contributed by atoms with Gasteiger partial charge in [-0.05, 0) is 29.8 Å². The number of fused-ring (bicyclic) bond motifs is 1. The Morgan fingerprint density at radius 1 is 1.17 bits per heavy atom. The van der Waals surface area contributed by atoms with Crippen LogP contribution in [0, 0.1) is 0 Å². The molecular weight excluding hydrogens is 350 g/mol. The first-order chi connectivity index (χ1) is 11.5. The summed E-state index contributed by atoms with van der Waals surface area (Å²) < 4.78 is 10.4. The van der Waals surface area contributed by atoms with Gasteiger partial charge in [-0.15, -0.1) is 11.8 Å². The lowest BCUT2D eigenvalue weighted by atomic mass is 10.1. The number of amides is 1. The molecule has 2 aromatic carbocycles. The lowest BCUT2D eigenvalue weighted by Crippen LogP contribution is -2.30. The van der Waals surface area contributed by atoms with Gasteiger partial charge in [0.1, 0.15) is 17.6 Å². The maximum atomic E-state index is 12.3. The van der Waals surface area contributed by atoms with E-state index in [-0.39, 0.29) is 0 Å². The molecule has 0 aliphatic carbocycles. The highest BCUT2D eigenvalue weighted by Crippen LogP contribution is 2.46. The molecule has 3 rings (SSSR count). The monoisotopic (exact) mass is 365 g/mol. The molecule has 2 unspecified atom stereocenters. The average molecular weight is 366 g/mol. The van der Waals surface area contributed by atoms with Crippen molar-refractivity contribution in [1.29, 1.82) is 0 Å². The molecule has 0 bridgehead atoms. The second-order valence-corrected chi connectivity index (χ2v) is 6.82. The highest BCUT2D eigenvalue weighted by molar-refractivity contribution is 7.99. The molecule has 1 aliphatic rings. The number of aliphatic hydroxyl groups is 1. The van der Waals surface area contributed by atoms with Crippen molar-refractivity contribution in [2.45, 2.75) is 16.2 Å². The van der Waals surface area contributed by atoms with Gasteiger partial charge in [-0.3, -0.25) is 4.79 Å². The van der Waals surface area contributed by atoms with Crippen LogP contribution < -0.4 is 14.8 Å². The number of ether oxygens (including phenoxy) is 2. The number of hydrogen-bond acceptors (Lipinski definition) is 5. The molecule has 0 saturated carbocycles. The summed E-state index contributed by atoms with van der Waals surface area (Å²) in [6.07, 6.45) is -1.19. The fourth-order valence-corrected chi connectivity index (χ4v) is 3.95. The Morgan fingerprint density at radius 3 is 2.50 bits per heavy atom. The SMILES string of the molecule is COc1ccc(C2Sc3cc(OC)c(Cl)cc3NC(=O)C2O)cc1. The lowest BCUT2D eigenvalue weighted by molar-refractivity contribution is -0.124. The molecule has 2 aromatic rings. The van der Waals surface area contributed by atoms with Crippen molar-refractivity contribution in [1.82, 2.24) is 0 Å². The molecule has 126 valence electrons. The fourth-order valence-electron chi connectivity index (χ4n) is 2.48. The summed E-state index contributed by atoms with van der Waals surface area (Å²) in [6.45, 7) is 0. The van der Waals surface area contributed by atoms with Crippen LogP contribution in [0.15, 0.2) is 41.3 Å². The summed E-state index contributed by atoms with van der Waals surface area (Å²) in [7, 11) is 3.12. The van der Waals surface area contributed by atoms with Gasteiger partial charge in [0.25, 0.3) is 5.91 Å². The summed E-state index contributed by atoms with van der Waals surface area (Å²) in [5.74, 6) is 0.760. The van der Waals surface area contributed by atoms with Gasteiger partial charge in [-0.2, -0.15) is 0 Å². The van der Waals surface area contributed by atoms with E-state index in [1.165, 1.54) is 18.9 Å². The zero-order chi connectivity index (χ0) is 17.3. The molecule has 2 N–H and O–H groups in total. The third-order valence-electron chi connectivity index (χ3n) is 3.77. The van der Waals surface area contributed by atoms with Gasteiger partial charge in [0.15, 0.2) is 0 Å². The zero-order valence-corrected chi connectivity index (χ0v) is 14.6. The summed E-state index contributed by atoms with van der Waals surface area (Å²) in [6, 6.07) is 10.7. The van der Waals surface area contributed by atoms with Crippen molar-refractivity contribution in [3.8, 4) is 11.5 Å². The minimum absolute atomic E-state index is 0.398. The van der Waals surface area contributed by atoms with E-state index >= 15 is 0 Å². The van der Waals surface area contributed by atoms with Crippen LogP contribution in [-0.4, -0.2) is 31.3 Å². The lowest BCUT2D eigenvalue weighted by Gasteiger charge is -2.19. The number of carbonyl (C=O) groups is 1. The highest BCUT2D eigenvalue weighted by atomic mass is 35.5. The predicted octanol–water partition coefficient (Wildman–Crippen LogP) is 3.50. The van der Waals surface area contributed by atoms with Gasteiger partial charge < -0.3 is 19.9 Å². The number of benzene rings is 2. The minimum atomic E-state index is -1.19. The molecular formula is C17H16ClNO4S. The molecule has 1 aliphatic heterocycles. The molecule has 24 heavy (non-hydrogen) atoms. The second-order valence-electron chi connectivity index (χ2n) is 5.23. The van der Waals surface area contributed by atoms with E-state index in [4.69, 9.17) is 21.1 Å². The third-order valence-corrected chi connectivity index (χ3v) is 5.44. The predicted molar refractivity (Wildman–Crippen MR) is 94.2 cm³/mol. The quantitative estimate of drug-likeness (QED) is 0.871. The number of aliphatic hydroxyl groups excluding tert-OH is 1.